The number of ketones is 1. The quantitative estimate of drug-likeness (QED) is 0.0430. The van der Waals surface area contributed by atoms with E-state index in [-0.39, 0.29) is 63.4 Å². The molecule has 7 N–H and O–H groups in total. The van der Waals surface area contributed by atoms with Gasteiger partial charge in [-0.3, -0.25) is 19.4 Å². The number of nitrogens with zero attached hydrogens (tertiary/aromatic N) is 6. The van der Waals surface area contributed by atoms with E-state index in [0.717, 1.165) is 13.1 Å². The molecule has 4 aliphatic rings. The number of benzene rings is 2. The number of hydrogen-bond acceptors (Lipinski definition) is 19. The number of aliphatic hydroxyl groups is 3. The topological polar surface area (TPSA) is 301 Å². The van der Waals surface area contributed by atoms with Gasteiger partial charge in [-0.2, -0.15) is 5.10 Å². The summed E-state index contributed by atoms with van der Waals surface area (Å²) in [5, 5.41) is 85.8. The molecule has 388 valence electrons. The Morgan fingerprint density at radius 3 is 2.27 bits per heavy atom. The molecule has 0 radical (unpaired) electrons. The van der Waals surface area contributed by atoms with Gasteiger partial charge in [-0.1, -0.05) is 45.9 Å². The lowest BCUT2D eigenvalue weighted by molar-refractivity contribution is -0.392. The summed E-state index contributed by atoms with van der Waals surface area (Å²) in [6.07, 6.45) is 6.05. The monoisotopic (exact) mass is 993 g/mol. The number of esters is 1. The van der Waals surface area contributed by atoms with Crippen molar-refractivity contribution in [2.45, 2.75) is 99.1 Å². The summed E-state index contributed by atoms with van der Waals surface area (Å²) < 4.78 is 25.0. The Labute approximate surface area is 411 Å². The van der Waals surface area contributed by atoms with E-state index in [0.29, 0.717) is 18.9 Å². The summed E-state index contributed by atoms with van der Waals surface area (Å²) in [6, 6.07) is 0. The fourth-order valence-corrected chi connectivity index (χ4v) is 8.90. The van der Waals surface area contributed by atoms with Crippen molar-refractivity contribution in [2.75, 3.05) is 52.3 Å². The maximum Gasteiger partial charge on any atom is 0.342 e. The summed E-state index contributed by atoms with van der Waals surface area (Å²) in [6.45, 7) is 16.8. The van der Waals surface area contributed by atoms with Crippen LogP contribution in [0.5, 0.6) is 23.0 Å². The van der Waals surface area contributed by atoms with Crippen molar-refractivity contribution in [2.24, 2.45) is 28.8 Å². The molecular weight excluding hydrogens is 927 g/mol. The molecule has 22 nitrogen and oxygen atoms in total. The third-order valence-electron chi connectivity index (χ3n) is 13.4. The van der Waals surface area contributed by atoms with Crippen molar-refractivity contribution < 1.29 is 68.9 Å². The Morgan fingerprint density at radius 2 is 1.66 bits per heavy atom. The van der Waals surface area contributed by atoms with Crippen LogP contribution in [-0.4, -0.2) is 156 Å². The van der Waals surface area contributed by atoms with Crippen LogP contribution in [0.15, 0.2) is 47.4 Å². The average molecular weight is 994 g/mol. The third kappa shape index (κ3) is 11.8. The second-order valence-corrected chi connectivity index (χ2v) is 18.4. The molecule has 71 heavy (non-hydrogen) atoms. The summed E-state index contributed by atoms with van der Waals surface area (Å²) >= 11 is 0. The third-order valence-corrected chi connectivity index (χ3v) is 13.4. The summed E-state index contributed by atoms with van der Waals surface area (Å²) in [7, 11) is 3.42. The number of fused-ring (bicyclic) bond motifs is 14. The van der Waals surface area contributed by atoms with Crippen LogP contribution >= 0.6 is 0 Å². The van der Waals surface area contributed by atoms with Crippen LogP contribution < -0.4 is 10.1 Å². The molecule has 0 aliphatic carbocycles. The predicted octanol–water partition coefficient (Wildman–Crippen LogP) is 4.43. The van der Waals surface area contributed by atoms with Crippen molar-refractivity contribution in [1.29, 1.82) is 0 Å². The number of carbonyl (C=O) groups excluding carboxylic acids is 3. The standard InChI is InChI=1S/C43H58N4O12.C6H9N3O3/c1-21-12-11-13-22(2)42(55)45-33-28(20-44-47-17-15-46(9)16-18-47)37(52)30-31(38(33)53)36(51)26(6)40-32(30)41(54)43(8,59-40)57-19-14-29(56-10)23(3)39(58-27(7)48)25(5)35(50)24(4)34(21)49;1-5-7-4-6(9(11)12)8(5)2-3-10/h11-14,19-21,23-25,29,34-35,39,49-53H,15-18H2,1-10H3,(H,45,55);4,10H,2-3H2,1H3/b12-11+,19-14+,22-13-,44-20-;/t21-,23-,24-,25-,29+,34+,35+,39-,43+;/m1./s1. The first-order valence-electron chi connectivity index (χ1n) is 23.2. The zero-order valence-corrected chi connectivity index (χ0v) is 41.9. The summed E-state index contributed by atoms with van der Waals surface area (Å²) in [5.41, 5.74) is -0.350. The number of ether oxygens (including phenoxy) is 4. The van der Waals surface area contributed by atoms with E-state index in [9.17, 15) is 50.0 Å². The van der Waals surface area contributed by atoms with Crippen molar-refractivity contribution in [3.05, 3.63) is 75.0 Å². The van der Waals surface area contributed by atoms with Crippen LogP contribution in [0.25, 0.3) is 10.8 Å². The number of rotatable bonds is 7. The van der Waals surface area contributed by atoms with E-state index in [1.807, 2.05) is 7.05 Å². The maximum atomic E-state index is 14.4. The van der Waals surface area contributed by atoms with Gasteiger partial charge < -0.3 is 69.9 Å². The van der Waals surface area contributed by atoms with Gasteiger partial charge in [0.1, 0.15) is 36.1 Å². The van der Waals surface area contributed by atoms with Crippen LogP contribution in [-0.2, 0) is 30.3 Å². The van der Waals surface area contributed by atoms with Crippen LogP contribution in [0.4, 0.5) is 11.5 Å². The SMILES string of the molecule is CO[C@H]1/C=C/O[C@@]2(C)Oc3c(C)c(O)c4c(O)c(c(/C=N\N5CCN(C)CC5)c(O)c4c3C2=O)NC(=O)/C(C)=C\C=C\[C@@H](C)[C@H](O)[C@@H](C)[C@H](O)[C@@H](C)[C@H](OC(C)=O)[C@@H]1C.Cc1ncc([N+](=O)[O-])n1CCO. The number of nitrogens with one attached hydrogen (secondary N) is 1. The van der Waals surface area contributed by atoms with Crippen molar-refractivity contribution in [1.82, 2.24) is 19.5 Å². The van der Waals surface area contributed by atoms with Gasteiger partial charge in [0.2, 0.25) is 0 Å². The van der Waals surface area contributed by atoms with E-state index in [4.69, 9.17) is 24.1 Å². The molecule has 1 amide bonds. The smallest absolute Gasteiger partial charge is 0.342 e. The number of Topliss-reactive ketones (excluding diaryl/α,β-unsaturated/α-hetero) is 1. The Morgan fingerprint density at radius 1 is 1.00 bits per heavy atom. The number of nitro groups is 1. The van der Waals surface area contributed by atoms with Gasteiger partial charge in [-0.15, -0.1) is 0 Å². The molecule has 1 fully saturated rings. The molecule has 4 aliphatic heterocycles. The van der Waals surface area contributed by atoms with Gasteiger partial charge in [0.25, 0.3) is 11.7 Å². The minimum Gasteiger partial charge on any atom is -0.507 e. The number of hydrogen-bond donors (Lipinski definition) is 7. The number of imidazole rings is 1. The van der Waals surface area contributed by atoms with Crippen molar-refractivity contribution >= 4 is 46.2 Å². The van der Waals surface area contributed by atoms with E-state index in [1.165, 1.54) is 70.2 Å². The van der Waals surface area contributed by atoms with E-state index < -0.39 is 93.7 Å². The van der Waals surface area contributed by atoms with E-state index >= 15 is 0 Å². The van der Waals surface area contributed by atoms with Gasteiger partial charge in [-0.25, -0.2) is 9.55 Å². The fraction of sp³-hybridized carbons (Fsp3) is 0.531. The number of aromatic hydroxyl groups is 3. The number of aliphatic hydroxyl groups excluding tert-OH is 3. The van der Waals surface area contributed by atoms with E-state index in [2.05, 4.69) is 20.3 Å². The zero-order chi connectivity index (χ0) is 52.8. The van der Waals surface area contributed by atoms with Crippen LogP contribution in [0.1, 0.15) is 75.8 Å². The van der Waals surface area contributed by atoms with Gasteiger partial charge >= 0.3 is 17.6 Å². The molecule has 1 saturated heterocycles. The first-order chi connectivity index (χ1) is 33.4. The summed E-state index contributed by atoms with van der Waals surface area (Å²) in [5.74, 6) is -7.89. The molecule has 9 atom stereocenters. The van der Waals surface area contributed by atoms with Crippen molar-refractivity contribution in [3.63, 3.8) is 0 Å². The normalized spacial score (nSPS) is 28.4. The molecule has 22 heteroatoms. The number of amides is 1. The number of allylic oxidation sites excluding steroid dienone is 2. The molecule has 7 rings (SSSR count). The first-order valence-corrected chi connectivity index (χ1v) is 23.2. The van der Waals surface area contributed by atoms with Gasteiger partial charge in [0.05, 0.1) is 59.6 Å². The molecular formula is C49H67N7O15. The number of aromatic nitrogens is 2. The van der Waals surface area contributed by atoms with Crippen LogP contribution in [0, 0.1) is 47.6 Å². The fourth-order valence-electron chi connectivity index (χ4n) is 8.90. The van der Waals surface area contributed by atoms with Gasteiger partial charge in [0.15, 0.2) is 11.6 Å². The second-order valence-electron chi connectivity index (χ2n) is 18.4. The molecule has 0 saturated carbocycles. The zero-order valence-electron chi connectivity index (χ0n) is 41.9. The van der Waals surface area contributed by atoms with Crippen molar-refractivity contribution in [3.8, 4) is 23.0 Å². The highest BCUT2D eigenvalue weighted by molar-refractivity contribution is 6.23. The number of piperazine rings is 1. The maximum absolute atomic E-state index is 14.4. The van der Waals surface area contributed by atoms with Gasteiger partial charge in [-0.05, 0) is 31.9 Å². The number of methoxy groups -OCH3 is 1. The van der Waals surface area contributed by atoms with E-state index in [1.54, 1.807) is 51.8 Å². The lowest BCUT2D eigenvalue weighted by Crippen LogP contribution is -2.46. The van der Waals surface area contributed by atoms with Crippen LogP contribution in [0.2, 0.25) is 0 Å². The lowest BCUT2D eigenvalue weighted by Gasteiger charge is -2.38. The lowest BCUT2D eigenvalue weighted by atomic mass is 9.78. The first kappa shape index (κ1) is 55.3. The Bertz CT molecular complexity index is 2600. The molecule has 0 spiro atoms. The number of likely N-dealkylation sites (N-methyl/N-ethyl adjacent to an activating group) is 1. The predicted molar refractivity (Wildman–Crippen MR) is 261 cm³/mol. The summed E-state index contributed by atoms with van der Waals surface area (Å²) in [4.78, 5) is 56.2. The highest BCUT2D eigenvalue weighted by Crippen LogP contribution is 2.55. The highest BCUT2D eigenvalue weighted by atomic mass is 16.7. The Balaban J connectivity index is 0.000000682. The second kappa shape index (κ2) is 23.1. The number of anilines is 1. The number of hydrazone groups is 1. The molecule has 2 aromatic carbocycles. The Kier molecular flexibility index (Phi) is 18.0. The molecule has 3 aromatic rings. The number of aryl methyl sites for hydroxylation is 1. The largest absolute Gasteiger partial charge is 0.507 e. The average Bonchev–Trinajstić information content (AvgIpc) is 3.83. The number of phenols is 3. The molecule has 5 bridgehead atoms. The molecule has 1 aromatic heterocycles. The molecule has 5 heterocycles. The number of phenolic OH excluding ortho intramolecular Hbond substituents is 3. The minimum absolute atomic E-state index is 0.0559. The Hall–Kier alpha value is -6.59. The molecule has 0 unspecified atom stereocenters. The minimum atomic E-state index is -2.04. The number of carbonyl (C=O) groups is 3. The highest BCUT2D eigenvalue weighted by Gasteiger charge is 2.50. The van der Waals surface area contributed by atoms with Crippen LogP contribution in [0.3, 0.4) is 0 Å². The van der Waals surface area contributed by atoms with Gasteiger partial charge in [0, 0.05) is 94.3 Å².